The first-order valence-electron chi connectivity index (χ1n) is 11.1. The van der Waals surface area contributed by atoms with Gasteiger partial charge in [0.2, 0.25) is 5.91 Å². The van der Waals surface area contributed by atoms with E-state index in [1.807, 2.05) is 32.0 Å². The SMILES string of the molecule is Cc1ccc(S(=O)(=O)N(CC(=O)NCCOc2cc(C)cc(C)c2)c2cccc(C(F)(F)F)c2)cc1. The van der Waals surface area contributed by atoms with Gasteiger partial charge in [-0.1, -0.05) is 29.8 Å². The highest BCUT2D eigenvalue weighted by atomic mass is 32.2. The van der Waals surface area contributed by atoms with Gasteiger partial charge in [0.1, 0.15) is 18.9 Å². The summed E-state index contributed by atoms with van der Waals surface area (Å²) in [5.41, 5.74) is 1.55. The third kappa shape index (κ3) is 7.00. The minimum atomic E-state index is -4.68. The molecule has 1 N–H and O–H groups in total. The second kappa shape index (κ2) is 11.0. The Balaban J connectivity index is 1.78. The first-order chi connectivity index (χ1) is 16.9. The summed E-state index contributed by atoms with van der Waals surface area (Å²) < 4.78 is 72.9. The van der Waals surface area contributed by atoms with Crippen LogP contribution in [0.15, 0.2) is 71.6 Å². The second-order valence-corrected chi connectivity index (χ2v) is 10.3. The van der Waals surface area contributed by atoms with Gasteiger partial charge >= 0.3 is 6.18 Å². The fourth-order valence-electron chi connectivity index (χ4n) is 3.55. The van der Waals surface area contributed by atoms with Crippen LogP contribution in [0.5, 0.6) is 5.75 Å². The van der Waals surface area contributed by atoms with Crippen molar-refractivity contribution < 1.29 is 31.1 Å². The molecule has 0 heterocycles. The van der Waals surface area contributed by atoms with Crippen LogP contribution in [0.3, 0.4) is 0 Å². The van der Waals surface area contributed by atoms with Gasteiger partial charge in [0.25, 0.3) is 10.0 Å². The Labute approximate surface area is 208 Å². The van der Waals surface area contributed by atoms with Gasteiger partial charge < -0.3 is 10.1 Å². The number of sulfonamides is 1. The molecular weight excluding hydrogens is 493 g/mol. The van der Waals surface area contributed by atoms with Crippen molar-refractivity contribution in [2.75, 3.05) is 24.0 Å². The lowest BCUT2D eigenvalue weighted by Crippen LogP contribution is -2.42. The summed E-state index contributed by atoms with van der Waals surface area (Å²) in [6.07, 6.45) is -4.68. The number of benzene rings is 3. The molecule has 0 radical (unpaired) electrons. The third-order valence-corrected chi connectivity index (χ3v) is 7.03. The molecule has 6 nitrogen and oxygen atoms in total. The topological polar surface area (TPSA) is 75.7 Å². The van der Waals surface area contributed by atoms with Crippen molar-refractivity contribution in [3.8, 4) is 5.75 Å². The highest BCUT2D eigenvalue weighted by Crippen LogP contribution is 2.33. The number of rotatable bonds is 9. The molecule has 1 amide bonds. The van der Waals surface area contributed by atoms with E-state index in [0.29, 0.717) is 16.1 Å². The Bertz CT molecular complexity index is 1300. The van der Waals surface area contributed by atoms with E-state index in [9.17, 15) is 26.4 Å². The van der Waals surface area contributed by atoms with E-state index in [4.69, 9.17) is 4.74 Å². The van der Waals surface area contributed by atoms with E-state index in [0.717, 1.165) is 28.8 Å². The predicted octanol–water partition coefficient (Wildman–Crippen LogP) is 5.02. The number of halogens is 3. The molecule has 36 heavy (non-hydrogen) atoms. The minimum Gasteiger partial charge on any atom is -0.492 e. The maximum atomic E-state index is 13.4. The number of aryl methyl sites for hydroxylation is 3. The van der Waals surface area contributed by atoms with Crippen LogP contribution in [0, 0.1) is 20.8 Å². The summed E-state index contributed by atoms with van der Waals surface area (Å²) >= 11 is 0. The number of ether oxygens (including phenoxy) is 1. The molecule has 0 saturated heterocycles. The van der Waals surface area contributed by atoms with Crippen LogP contribution >= 0.6 is 0 Å². The number of carbonyl (C=O) groups excluding carboxylic acids is 1. The molecule has 3 aromatic carbocycles. The number of alkyl halides is 3. The van der Waals surface area contributed by atoms with Gasteiger partial charge in [-0.3, -0.25) is 9.10 Å². The van der Waals surface area contributed by atoms with E-state index in [1.54, 1.807) is 19.1 Å². The van der Waals surface area contributed by atoms with Crippen LogP contribution in [0.25, 0.3) is 0 Å². The molecule has 3 rings (SSSR count). The van der Waals surface area contributed by atoms with E-state index in [1.165, 1.54) is 18.2 Å². The zero-order valence-corrected chi connectivity index (χ0v) is 20.9. The van der Waals surface area contributed by atoms with E-state index >= 15 is 0 Å². The summed E-state index contributed by atoms with van der Waals surface area (Å²) in [6, 6.07) is 15.4. The van der Waals surface area contributed by atoms with Crippen LogP contribution in [0.4, 0.5) is 18.9 Å². The van der Waals surface area contributed by atoms with Gasteiger partial charge in [-0.2, -0.15) is 13.2 Å². The zero-order valence-electron chi connectivity index (χ0n) is 20.1. The summed E-state index contributed by atoms with van der Waals surface area (Å²) in [7, 11) is -4.34. The monoisotopic (exact) mass is 520 g/mol. The van der Waals surface area contributed by atoms with Crippen LogP contribution in [0.2, 0.25) is 0 Å². The molecule has 0 unspecified atom stereocenters. The van der Waals surface area contributed by atoms with E-state index in [-0.39, 0.29) is 23.7 Å². The molecule has 0 aromatic heterocycles. The summed E-state index contributed by atoms with van der Waals surface area (Å²) in [4.78, 5) is 12.5. The highest BCUT2D eigenvalue weighted by molar-refractivity contribution is 7.92. The fourth-order valence-corrected chi connectivity index (χ4v) is 4.96. The number of amides is 1. The van der Waals surface area contributed by atoms with Crippen molar-refractivity contribution in [2.24, 2.45) is 0 Å². The van der Waals surface area contributed by atoms with Gasteiger partial charge in [-0.15, -0.1) is 0 Å². The summed E-state index contributed by atoms with van der Waals surface area (Å²) in [5, 5.41) is 2.57. The zero-order chi connectivity index (χ0) is 26.5. The van der Waals surface area contributed by atoms with Crippen molar-refractivity contribution in [1.29, 1.82) is 0 Å². The van der Waals surface area contributed by atoms with Crippen molar-refractivity contribution >= 4 is 21.6 Å². The number of nitrogens with one attached hydrogen (secondary N) is 1. The minimum absolute atomic E-state index is 0.0762. The molecule has 0 bridgehead atoms. The number of hydrogen-bond donors (Lipinski definition) is 1. The van der Waals surface area contributed by atoms with Gasteiger partial charge in [0.15, 0.2) is 0 Å². The molecule has 0 saturated carbocycles. The number of nitrogens with zero attached hydrogens (tertiary/aromatic N) is 1. The maximum absolute atomic E-state index is 13.4. The fraction of sp³-hybridized carbons (Fsp3) is 0.269. The molecule has 3 aromatic rings. The van der Waals surface area contributed by atoms with Crippen LogP contribution in [-0.4, -0.2) is 34.0 Å². The first-order valence-corrected chi connectivity index (χ1v) is 12.5. The molecule has 0 aliphatic heterocycles. The summed E-state index contributed by atoms with van der Waals surface area (Å²) in [6.45, 7) is 5.13. The lowest BCUT2D eigenvalue weighted by molar-refractivity contribution is -0.137. The average molecular weight is 521 g/mol. The van der Waals surface area contributed by atoms with E-state index in [2.05, 4.69) is 5.32 Å². The normalized spacial score (nSPS) is 11.7. The molecule has 0 aliphatic carbocycles. The van der Waals surface area contributed by atoms with Gasteiger partial charge in [-0.05, 0) is 74.4 Å². The molecule has 0 aliphatic rings. The van der Waals surface area contributed by atoms with Crippen LogP contribution < -0.4 is 14.4 Å². The van der Waals surface area contributed by atoms with Crippen molar-refractivity contribution in [3.05, 3.63) is 89.0 Å². The molecule has 10 heteroatoms. The average Bonchev–Trinajstić information content (AvgIpc) is 2.79. The molecular formula is C26H27F3N2O4S. The Morgan fingerprint density at radius 3 is 2.17 bits per heavy atom. The first kappa shape index (κ1) is 27.1. The third-order valence-electron chi connectivity index (χ3n) is 5.25. The van der Waals surface area contributed by atoms with Crippen molar-refractivity contribution in [1.82, 2.24) is 5.32 Å². The Hall–Kier alpha value is -3.53. The van der Waals surface area contributed by atoms with Crippen LogP contribution in [-0.2, 0) is 21.0 Å². The van der Waals surface area contributed by atoms with Crippen LogP contribution in [0.1, 0.15) is 22.3 Å². The Kier molecular flexibility index (Phi) is 8.29. The largest absolute Gasteiger partial charge is 0.492 e. The second-order valence-electron chi connectivity index (χ2n) is 8.39. The number of hydrogen-bond acceptors (Lipinski definition) is 4. The standard InChI is InChI=1S/C26H27F3N2O4S/c1-18-7-9-24(10-8-18)36(33,34)31(22-6-4-5-21(16-22)26(27,28)29)17-25(32)30-11-12-35-23-14-19(2)13-20(3)15-23/h4-10,13-16H,11-12,17H2,1-3H3,(H,30,32). The van der Waals surface area contributed by atoms with E-state index < -0.39 is 34.2 Å². The predicted molar refractivity (Wildman–Crippen MR) is 132 cm³/mol. The van der Waals surface area contributed by atoms with Gasteiger partial charge in [0.05, 0.1) is 22.7 Å². The highest BCUT2D eigenvalue weighted by Gasteiger charge is 2.33. The lowest BCUT2D eigenvalue weighted by atomic mass is 10.1. The molecule has 0 atom stereocenters. The Morgan fingerprint density at radius 2 is 1.56 bits per heavy atom. The quantitative estimate of drug-likeness (QED) is 0.402. The van der Waals surface area contributed by atoms with Gasteiger partial charge in [0, 0.05) is 0 Å². The summed E-state index contributed by atoms with van der Waals surface area (Å²) in [5.74, 6) is -0.0542. The number of anilines is 1. The van der Waals surface area contributed by atoms with Crippen molar-refractivity contribution in [2.45, 2.75) is 31.8 Å². The Morgan fingerprint density at radius 1 is 0.917 bits per heavy atom. The molecule has 192 valence electrons. The lowest BCUT2D eigenvalue weighted by Gasteiger charge is -2.25. The van der Waals surface area contributed by atoms with Gasteiger partial charge in [-0.25, -0.2) is 8.42 Å². The number of carbonyl (C=O) groups is 1. The molecule has 0 spiro atoms. The molecule has 0 fully saturated rings. The van der Waals surface area contributed by atoms with Crippen molar-refractivity contribution in [3.63, 3.8) is 0 Å². The maximum Gasteiger partial charge on any atom is 0.416 e. The smallest absolute Gasteiger partial charge is 0.416 e.